The van der Waals surface area contributed by atoms with E-state index in [1.54, 1.807) is 24.3 Å². The molecule has 0 saturated carbocycles. The zero-order valence-electron chi connectivity index (χ0n) is 20.8. The van der Waals surface area contributed by atoms with E-state index in [0.717, 1.165) is 25.7 Å². The number of carbonyl (C=O) groups excluding carboxylic acids is 2. The number of carbonyl (C=O) groups is 2. The molecule has 0 bridgehead atoms. The minimum atomic E-state index is -0.340. The zero-order valence-corrected chi connectivity index (χ0v) is 20.8. The van der Waals surface area contributed by atoms with Crippen LogP contribution in [0, 0.1) is 5.92 Å². The van der Waals surface area contributed by atoms with Crippen molar-refractivity contribution in [3.8, 4) is 0 Å². The largest absolute Gasteiger partial charge is 0.462 e. The Morgan fingerprint density at radius 2 is 1.03 bits per heavy atom. The van der Waals surface area contributed by atoms with Gasteiger partial charge < -0.3 is 9.47 Å². The second kappa shape index (κ2) is 18.7. The average Bonchev–Trinajstić information content (AvgIpc) is 2.82. The summed E-state index contributed by atoms with van der Waals surface area (Å²) in [5, 5.41) is 0. The molecular formula is C28H46O4. The Morgan fingerprint density at radius 1 is 0.625 bits per heavy atom. The average molecular weight is 447 g/mol. The third kappa shape index (κ3) is 12.9. The maximum absolute atomic E-state index is 12.2. The van der Waals surface area contributed by atoms with Gasteiger partial charge in [-0.1, -0.05) is 104 Å². The van der Waals surface area contributed by atoms with E-state index in [2.05, 4.69) is 20.8 Å². The molecule has 4 heteroatoms. The number of benzene rings is 1. The van der Waals surface area contributed by atoms with Gasteiger partial charge in [-0.15, -0.1) is 0 Å². The molecule has 0 aliphatic heterocycles. The predicted octanol–water partition coefficient (Wildman–Crippen LogP) is 8.14. The molecule has 1 rings (SSSR count). The summed E-state index contributed by atoms with van der Waals surface area (Å²) in [6.45, 7) is 7.35. The summed E-state index contributed by atoms with van der Waals surface area (Å²) in [5.74, 6) is -0.271. The molecule has 1 aromatic rings. The van der Waals surface area contributed by atoms with Gasteiger partial charge in [0, 0.05) is 0 Å². The Bertz CT molecular complexity index is 604. The van der Waals surface area contributed by atoms with Gasteiger partial charge in [0.15, 0.2) is 0 Å². The van der Waals surface area contributed by atoms with Crippen LogP contribution in [-0.2, 0) is 9.47 Å². The summed E-state index contributed by atoms with van der Waals surface area (Å²) >= 11 is 0. The lowest BCUT2D eigenvalue weighted by atomic mass is 10.1. The molecule has 0 atom stereocenters. The number of esters is 2. The monoisotopic (exact) mass is 446 g/mol. The van der Waals surface area contributed by atoms with E-state index in [4.69, 9.17) is 9.47 Å². The SMILES string of the molecule is CCCCCCCCCCCCCCOC(=O)c1ccc(C(=O)OCC(CC)CC)cc1. The molecule has 0 amide bonds. The molecule has 32 heavy (non-hydrogen) atoms. The van der Waals surface area contributed by atoms with Crippen LogP contribution >= 0.6 is 0 Å². The Balaban J connectivity index is 2.10. The summed E-state index contributed by atoms with van der Waals surface area (Å²) in [5.41, 5.74) is 0.939. The van der Waals surface area contributed by atoms with Gasteiger partial charge in [0.05, 0.1) is 24.3 Å². The van der Waals surface area contributed by atoms with Crippen LogP contribution in [-0.4, -0.2) is 25.2 Å². The van der Waals surface area contributed by atoms with Crippen LogP contribution < -0.4 is 0 Å². The minimum absolute atomic E-state index is 0.329. The Hall–Kier alpha value is -1.84. The molecular weight excluding hydrogens is 400 g/mol. The molecule has 0 spiro atoms. The van der Waals surface area contributed by atoms with Crippen LogP contribution in [0.3, 0.4) is 0 Å². The van der Waals surface area contributed by atoms with Crippen molar-refractivity contribution in [2.45, 2.75) is 111 Å². The lowest BCUT2D eigenvalue weighted by Crippen LogP contribution is -2.13. The molecule has 0 aromatic heterocycles. The normalized spacial score (nSPS) is 11.0. The van der Waals surface area contributed by atoms with E-state index in [0.29, 0.717) is 30.3 Å². The third-order valence-corrected chi connectivity index (χ3v) is 6.19. The van der Waals surface area contributed by atoms with Gasteiger partial charge in [0.1, 0.15) is 0 Å². The van der Waals surface area contributed by atoms with E-state index in [1.807, 2.05) is 0 Å². The van der Waals surface area contributed by atoms with Gasteiger partial charge in [-0.25, -0.2) is 9.59 Å². The summed E-state index contributed by atoms with van der Waals surface area (Å²) in [4.78, 5) is 24.3. The molecule has 0 fully saturated rings. The molecule has 0 radical (unpaired) electrons. The molecule has 0 saturated heterocycles. The highest BCUT2D eigenvalue weighted by atomic mass is 16.5. The van der Waals surface area contributed by atoms with Crippen molar-refractivity contribution < 1.29 is 19.1 Å². The molecule has 182 valence electrons. The van der Waals surface area contributed by atoms with E-state index in [1.165, 1.54) is 64.2 Å². The van der Waals surface area contributed by atoms with Crippen molar-refractivity contribution in [2.24, 2.45) is 5.92 Å². The first-order chi connectivity index (χ1) is 15.6. The number of rotatable bonds is 19. The Kier molecular flexibility index (Phi) is 16.5. The topological polar surface area (TPSA) is 52.6 Å². The van der Waals surface area contributed by atoms with Crippen LogP contribution in [0.25, 0.3) is 0 Å². The maximum atomic E-state index is 12.2. The first-order valence-corrected chi connectivity index (χ1v) is 13.1. The summed E-state index contributed by atoms with van der Waals surface area (Å²) in [7, 11) is 0. The first-order valence-electron chi connectivity index (χ1n) is 13.1. The number of unbranched alkanes of at least 4 members (excludes halogenated alkanes) is 11. The molecule has 0 aliphatic rings. The van der Waals surface area contributed by atoms with Gasteiger partial charge in [-0.3, -0.25) is 0 Å². The molecule has 0 heterocycles. The number of ether oxygens (including phenoxy) is 2. The van der Waals surface area contributed by atoms with Crippen molar-refractivity contribution in [1.82, 2.24) is 0 Å². The smallest absolute Gasteiger partial charge is 0.338 e. The fourth-order valence-electron chi connectivity index (χ4n) is 3.73. The first kappa shape index (κ1) is 28.2. The van der Waals surface area contributed by atoms with Gasteiger partial charge in [0.25, 0.3) is 0 Å². The molecule has 1 aromatic carbocycles. The molecule has 0 N–H and O–H groups in total. The summed E-state index contributed by atoms with van der Waals surface area (Å²) < 4.78 is 10.7. The van der Waals surface area contributed by atoms with Crippen LogP contribution in [0.15, 0.2) is 24.3 Å². The van der Waals surface area contributed by atoms with Gasteiger partial charge in [-0.2, -0.15) is 0 Å². The van der Waals surface area contributed by atoms with Crippen LogP contribution in [0.1, 0.15) is 131 Å². The van der Waals surface area contributed by atoms with Crippen molar-refractivity contribution in [1.29, 1.82) is 0 Å². The van der Waals surface area contributed by atoms with Crippen molar-refractivity contribution in [2.75, 3.05) is 13.2 Å². The second-order valence-electron chi connectivity index (χ2n) is 8.88. The lowest BCUT2D eigenvalue weighted by Gasteiger charge is -2.12. The number of hydrogen-bond acceptors (Lipinski definition) is 4. The summed E-state index contributed by atoms with van der Waals surface area (Å²) in [6.07, 6.45) is 17.4. The van der Waals surface area contributed by atoms with E-state index in [-0.39, 0.29) is 11.9 Å². The fraction of sp³-hybridized carbons (Fsp3) is 0.714. The van der Waals surface area contributed by atoms with Gasteiger partial charge in [0.2, 0.25) is 0 Å². The molecule has 0 aliphatic carbocycles. The maximum Gasteiger partial charge on any atom is 0.338 e. The van der Waals surface area contributed by atoms with E-state index in [9.17, 15) is 9.59 Å². The van der Waals surface area contributed by atoms with Crippen molar-refractivity contribution >= 4 is 11.9 Å². The third-order valence-electron chi connectivity index (χ3n) is 6.19. The standard InChI is InChI=1S/C28H46O4/c1-4-7-8-9-10-11-12-13-14-15-16-17-22-31-27(29)25-18-20-26(21-19-25)28(30)32-23-24(5-2)6-3/h18-21,24H,4-17,22-23H2,1-3H3. The number of hydrogen-bond donors (Lipinski definition) is 0. The fourth-order valence-corrected chi connectivity index (χ4v) is 3.73. The van der Waals surface area contributed by atoms with Crippen molar-refractivity contribution in [3.05, 3.63) is 35.4 Å². The summed E-state index contributed by atoms with van der Waals surface area (Å²) in [6, 6.07) is 6.54. The van der Waals surface area contributed by atoms with Crippen LogP contribution in [0.4, 0.5) is 0 Å². The highest BCUT2D eigenvalue weighted by molar-refractivity contribution is 5.93. The van der Waals surface area contributed by atoms with Gasteiger partial charge >= 0.3 is 11.9 Å². The lowest BCUT2D eigenvalue weighted by molar-refractivity contribution is 0.0430. The van der Waals surface area contributed by atoms with Crippen LogP contribution in [0.2, 0.25) is 0 Å². The highest BCUT2D eigenvalue weighted by Crippen LogP contribution is 2.13. The van der Waals surface area contributed by atoms with Crippen LogP contribution in [0.5, 0.6) is 0 Å². The zero-order chi connectivity index (χ0) is 23.4. The quantitative estimate of drug-likeness (QED) is 0.159. The second-order valence-corrected chi connectivity index (χ2v) is 8.88. The minimum Gasteiger partial charge on any atom is -0.462 e. The molecule has 0 unspecified atom stereocenters. The predicted molar refractivity (Wildman–Crippen MR) is 132 cm³/mol. The highest BCUT2D eigenvalue weighted by Gasteiger charge is 2.13. The molecule has 4 nitrogen and oxygen atoms in total. The Labute approximate surface area is 196 Å². The van der Waals surface area contributed by atoms with E-state index >= 15 is 0 Å². The van der Waals surface area contributed by atoms with E-state index < -0.39 is 0 Å². The van der Waals surface area contributed by atoms with Gasteiger partial charge in [-0.05, 0) is 36.6 Å². The Morgan fingerprint density at radius 3 is 1.47 bits per heavy atom. The van der Waals surface area contributed by atoms with Crippen molar-refractivity contribution in [3.63, 3.8) is 0 Å².